The molecule has 7 nitrogen and oxygen atoms in total. The van der Waals surface area contributed by atoms with Crippen molar-refractivity contribution >= 4 is 65.2 Å². The highest BCUT2D eigenvalue weighted by Gasteiger charge is 2.15. The Bertz CT molecular complexity index is 3460. The number of fused-ring (bicyclic) bond motifs is 8. The molecule has 5 aromatic heterocycles. The van der Waals surface area contributed by atoms with E-state index in [9.17, 15) is 0 Å². The normalized spacial score (nSPS) is 11.7. The minimum Gasteiger partial charge on any atom is -0.254 e. The summed E-state index contributed by atoms with van der Waals surface area (Å²) in [6.45, 7) is 0. The highest BCUT2D eigenvalue weighted by atomic mass is 15.0. The zero-order chi connectivity index (χ0) is 39.6. The van der Waals surface area contributed by atoms with Crippen LogP contribution in [0.5, 0.6) is 0 Å². The van der Waals surface area contributed by atoms with Gasteiger partial charge in [0, 0.05) is 74.1 Å². The average molecular weight is 766 g/mol. The molecule has 0 spiro atoms. The second-order valence-corrected chi connectivity index (χ2v) is 15.1. The Kier molecular flexibility index (Phi) is 7.71. The molecule has 0 unspecified atom stereocenters. The van der Waals surface area contributed by atoms with E-state index < -0.39 is 0 Å². The van der Waals surface area contributed by atoms with Gasteiger partial charge in [-0.2, -0.15) is 0 Å². The molecule has 0 saturated carbocycles. The lowest BCUT2D eigenvalue weighted by molar-refractivity contribution is 1.08. The summed E-state index contributed by atoms with van der Waals surface area (Å²) in [5.74, 6) is 1.83. The summed E-state index contributed by atoms with van der Waals surface area (Å²) in [6.07, 6.45) is 7.52. The first-order valence-corrected chi connectivity index (χ1v) is 19.8. The van der Waals surface area contributed by atoms with Crippen molar-refractivity contribution in [3.05, 3.63) is 189 Å². The summed E-state index contributed by atoms with van der Waals surface area (Å²) < 4.78 is 0. The van der Waals surface area contributed by atoms with Crippen LogP contribution < -0.4 is 0 Å². The number of hydrogen-bond acceptors (Lipinski definition) is 7. The zero-order valence-electron chi connectivity index (χ0n) is 32.0. The minimum atomic E-state index is 0.607. The Labute approximate surface area is 343 Å². The molecule has 12 aromatic rings. The standard InChI is InChI=1S/C53H31N7/c1-2-6-36(7-3-1)51-58-52(41-20-12-32-10-16-37(24-43(32)28-41)45-26-39-18-14-34-8-4-22-54-47(34)49(39)56-30-45)60-53(59-51)42-21-13-33-11-17-38(25-44(33)29-42)46-27-40-19-15-35-9-5-23-55-48(35)50(40)57-31-46/h1-31H. The molecule has 0 bridgehead atoms. The third kappa shape index (κ3) is 5.87. The van der Waals surface area contributed by atoms with Crippen molar-refractivity contribution in [1.82, 2.24) is 34.9 Å². The monoisotopic (exact) mass is 765 g/mol. The van der Waals surface area contributed by atoms with Gasteiger partial charge in [-0.3, -0.25) is 19.9 Å². The third-order valence-electron chi connectivity index (χ3n) is 11.4. The lowest BCUT2D eigenvalue weighted by atomic mass is 9.99. The highest BCUT2D eigenvalue weighted by molar-refractivity contribution is 6.05. The molecule has 0 aliphatic heterocycles. The number of pyridine rings is 4. The van der Waals surface area contributed by atoms with Gasteiger partial charge in [0.2, 0.25) is 0 Å². The molecule has 60 heavy (non-hydrogen) atoms. The predicted octanol–water partition coefficient (Wildman–Crippen LogP) is 12.7. The van der Waals surface area contributed by atoms with E-state index in [1.54, 1.807) is 0 Å². The topological polar surface area (TPSA) is 90.2 Å². The molecule has 0 aliphatic rings. The molecule has 5 heterocycles. The molecule has 278 valence electrons. The van der Waals surface area contributed by atoms with Crippen LogP contribution in [-0.2, 0) is 0 Å². The maximum absolute atomic E-state index is 5.14. The Morgan fingerprint density at radius 3 is 1.12 bits per heavy atom. The van der Waals surface area contributed by atoms with Crippen molar-refractivity contribution in [1.29, 1.82) is 0 Å². The second-order valence-electron chi connectivity index (χ2n) is 15.1. The molecular weight excluding hydrogens is 735 g/mol. The fourth-order valence-electron chi connectivity index (χ4n) is 8.27. The summed E-state index contributed by atoms with van der Waals surface area (Å²) in [4.78, 5) is 34.2. The summed E-state index contributed by atoms with van der Waals surface area (Å²) in [5, 5.41) is 8.69. The minimum absolute atomic E-state index is 0.607. The van der Waals surface area contributed by atoms with E-state index in [0.717, 1.165) is 104 Å². The Hall–Kier alpha value is -8.29. The average Bonchev–Trinajstić information content (AvgIpc) is 3.33. The number of benzene rings is 7. The van der Waals surface area contributed by atoms with Gasteiger partial charge in [0.15, 0.2) is 17.5 Å². The van der Waals surface area contributed by atoms with Gasteiger partial charge in [0.1, 0.15) is 0 Å². The van der Waals surface area contributed by atoms with Crippen molar-refractivity contribution in [2.75, 3.05) is 0 Å². The molecule has 0 aliphatic carbocycles. The van der Waals surface area contributed by atoms with Gasteiger partial charge in [-0.05, 0) is 81.2 Å². The molecule has 7 aromatic carbocycles. The SMILES string of the molecule is c1ccc(-c2nc(-c3ccc4ccc(-c5cnc6c(ccc7cccnc76)c5)cc4c3)nc(-c3ccc4ccc(-c5cnc6c(ccc7cccnc76)c5)cc4c3)n2)cc1. The first kappa shape index (κ1) is 33.8. The van der Waals surface area contributed by atoms with Gasteiger partial charge in [-0.25, -0.2) is 15.0 Å². The summed E-state index contributed by atoms with van der Waals surface area (Å²) in [6, 6.07) is 56.8. The zero-order valence-corrected chi connectivity index (χ0v) is 32.0. The van der Waals surface area contributed by atoms with E-state index in [4.69, 9.17) is 24.9 Å². The molecule has 7 heteroatoms. The number of nitrogens with zero attached hydrogens (tertiary/aromatic N) is 7. The summed E-state index contributed by atoms with van der Waals surface area (Å²) in [7, 11) is 0. The lowest BCUT2D eigenvalue weighted by Crippen LogP contribution is -2.00. The molecule has 0 radical (unpaired) electrons. The maximum Gasteiger partial charge on any atom is 0.164 e. The second kappa shape index (κ2) is 13.7. The molecule has 0 saturated heterocycles. The van der Waals surface area contributed by atoms with E-state index in [0.29, 0.717) is 17.5 Å². The lowest BCUT2D eigenvalue weighted by Gasteiger charge is -2.11. The summed E-state index contributed by atoms with van der Waals surface area (Å²) >= 11 is 0. The van der Waals surface area contributed by atoms with Crippen LogP contribution in [0.3, 0.4) is 0 Å². The fraction of sp³-hybridized carbons (Fsp3) is 0. The van der Waals surface area contributed by atoms with Gasteiger partial charge in [-0.15, -0.1) is 0 Å². The van der Waals surface area contributed by atoms with Gasteiger partial charge < -0.3 is 0 Å². The van der Waals surface area contributed by atoms with Crippen molar-refractivity contribution < 1.29 is 0 Å². The molecule has 0 amide bonds. The highest BCUT2D eigenvalue weighted by Crippen LogP contribution is 2.34. The van der Waals surface area contributed by atoms with Crippen LogP contribution in [-0.4, -0.2) is 34.9 Å². The molecule has 12 rings (SSSR count). The number of hydrogen-bond donors (Lipinski definition) is 0. The van der Waals surface area contributed by atoms with E-state index in [2.05, 4.69) is 131 Å². The predicted molar refractivity (Wildman–Crippen MR) is 243 cm³/mol. The fourth-order valence-corrected chi connectivity index (χ4v) is 8.27. The van der Waals surface area contributed by atoms with Gasteiger partial charge in [-0.1, -0.05) is 115 Å². The largest absolute Gasteiger partial charge is 0.254 e. The summed E-state index contributed by atoms with van der Waals surface area (Å²) in [5.41, 5.74) is 10.6. The third-order valence-corrected chi connectivity index (χ3v) is 11.4. The van der Waals surface area contributed by atoms with Crippen molar-refractivity contribution in [3.8, 4) is 56.4 Å². The van der Waals surface area contributed by atoms with Crippen molar-refractivity contribution in [2.45, 2.75) is 0 Å². The Morgan fingerprint density at radius 2 is 0.617 bits per heavy atom. The van der Waals surface area contributed by atoms with Gasteiger partial charge >= 0.3 is 0 Å². The van der Waals surface area contributed by atoms with E-state index >= 15 is 0 Å². The van der Waals surface area contributed by atoms with E-state index in [1.807, 2.05) is 67.3 Å². The molecular formula is C53H31N7. The van der Waals surface area contributed by atoms with Crippen LogP contribution in [0.15, 0.2) is 189 Å². The molecule has 0 N–H and O–H groups in total. The van der Waals surface area contributed by atoms with Crippen LogP contribution in [0.1, 0.15) is 0 Å². The number of rotatable bonds is 5. The van der Waals surface area contributed by atoms with Crippen LogP contribution in [0, 0.1) is 0 Å². The van der Waals surface area contributed by atoms with Crippen molar-refractivity contribution in [2.24, 2.45) is 0 Å². The van der Waals surface area contributed by atoms with Crippen LogP contribution in [0.25, 0.3) is 122 Å². The van der Waals surface area contributed by atoms with Crippen LogP contribution in [0.4, 0.5) is 0 Å². The number of aromatic nitrogens is 7. The Morgan fingerprint density at radius 1 is 0.233 bits per heavy atom. The van der Waals surface area contributed by atoms with E-state index in [1.165, 1.54) is 0 Å². The first-order valence-electron chi connectivity index (χ1n) is 19.8. The van der Waals surface area contributed by atoms with Crippen LogP contribution >= 0.6 is 0 Å². The van der Waals surface area contributed by atoms with Gasteiger partial charge in [0.25, 0.3) is 0 Å². The Balaban J connectivity index is 0.936. The molecule has 0 atom stereocenters. The molecule has 0 fully saturated rings. The van der Waals surface area contributed by atoms with Crippen molar-refractivity contribution in [3.63, 3.8) is 0 Å². The van der Waals surface area contributed by atoms with Gasteiger partial charge in [0.05, 0.1) is 22.1 Å². The maximum atomic E-state index is 5.14. The van der Waals surface area contributed by atoms with E-state index in [-0.39, 0.29) is 0 Å². The van der Waals surface area contributed by atoms with Crippen LogP contribution in [0.2, 0.25) is 0 Å². The smallest absolute Gasteiger partial charge is 0.164 e. The quantitative estimate of drug-likeness (QED) is 0.161. The first-order chi connectivity index (χ1) is 29.7.